The van der Waals surface area contributed by atoms with Gasteiger partial charge in [0.25, 0.3) is 0 Å². The minimum atomic E-state index is -3.52. The van der Waals surface area contributed by atoms with E-state index in [1.165, 1.54) is 11.4 Å². The summed E-state index contributed by atoms with van der Waals surface area (Å²) < 4.78 is 29.9. The maximum absolute atomic E-state index is 12.1. The van der Waals surface area contributed by atoms with Crippen molar-refractivity contribution in [3.8, 4) is 0 Å². The Kier molecular flexibility index (Phi) is 5.52. The summed E-state index contributed by atoms with van der Waals surface area (Å²) in [7, 11) is -2.27. The van der Waals surface area contributed by atoms with Crippen LogP contribution in [0.15, 0.2) is 0 Å². The molecule has 0 spiro atoms. The van der Waals surface area contributed by atoms with Crippen molar-refractivity contribution in [3.05, 3.63) is 0 Å². The van der Waals surface area contributed by atoms with Crippen molar-refractivity contribution in [2.75, 3.05) is 26.0 Å². The average molecular weight is 307 g/mol. The van der Waals surface area contributed by atoms with Crippen LogP contribution < -0.4 is 0 Å². The van der Waals surface area contributed by atoms with E-state index in [0.29, 0.717) is 12.8 Å². The van der Waals surface area contributed by atoms with Gasteiger partial charge in [0.05, 0.1) is 18.3 Å². The number of methoxy groups -OCH3 is 1. The van der Waals surface area contributed by atoms with Crippen molar-refractivity contribution in [3.63, 3.8) is 0 Å². The highest BCUT2D eigenvalue weighted by Crippen LogP contribution is 2.35. The molecule has 0 aromatic rings. The predicted molar refractivity (Wildman–Crippen MR) is 71.6 cm³/mol. The first-order valence-electron chi connectivity index (χ1n) is 6.55. The molecule has 0 aromatic carbocycles. The standard InChI is InChI=1S/C12H21NO6S/c1-3-12(11(15)16)6-7-13(9-12)20(17,18)8-4-5-10(14)19-2/h3-9H2,1-2H3,(H,15,16). The number of hydrogen-bond acceptors (Lipinski definition) is 5. The summed E-state index contributed by atoms with van der Waals surface area (Å²) in [6, 6.07) is 0. The highest BCUT2D eigenvalue weighted by Gasteiger charge is 2.46. The molecule has 0 radical (unpaired) electrons. The number of ether oxygens (including phenoxy) is 1. The van der Waals surface area contributed by atoms with Crippen molar-refractivity contribution in [2.45, 2.75) is 32.6 Å². The monoisotopic (exact) mass is 307 g/mol. The largest absolute Gasteiger partial charge is 0.481 e. The number of carboxylic acid groups (broad SMARTS) is 1. The first-order valence-corrected chi connectivity index (χ1v) is 8.16. The van der Waals surface area contributed by atoms with Crippen molar-refractivity contribution in [1.82, 2.24) is 4.31 Å². The third-order valence-electron chi connectivity index (χ3n) is 3.85. The number of hydrogen-bond donors (Lipinski definition) is 1. The van der Waals surface area contributed by atoms with Gasteiger partial charge >= 0.3 is 11.9 Å². The molecule has 7 nitrogen and oxygen atoms in total. The van der Waals surface area contributed by atoms with E-state index < -0.39 is 27.4 Å². The van der Waals surface area contributed by atoms with Crippen LogP contribution in [0.2, 0.25) is 0 Å². The minimum Gasteiger partial charge on any atom is -0.481 e. The van der Waals surface area contributed by atoms with Crippen molar-refractivity contribution >= 4 is 22.0 Å². The van der Waals surface area contributed by atoms with Crippen LogP contribution in [0.4, 0.5) is 0 Å². The number of esters is 1. The maximum Gasteiger partial charge on any atom is 0.311 e. The quantitative estimate of drug-likeness (QED) is 0.686. The molecule has 1 rings (SSSR count). The molecule has 0 saturated carbocycles. The molecule has 1 aliphatic heterocycles. The zero-order valence-electron chi connectivity index (χ0n) is 11.8. The molecule has 0 bridgehead atoms. The number of nitrogens with zero attached hydrogens (tertiary/aromatic N) is 1. The molecule has 0 aliphatic carbocycles. The predicted octanol–water partition coefficient (Wildman–Crippen LogP) is 0.456. The number of carboxylic acids is 1. The fourth-order valence-corrected chi connectivity index (χ4v) is 3.90. The lowest BCUT2D eigenvalue weighted by Crippen LogP contribution is -2.37. The van der Waals surface area contributed by atoms with E-state index in [0.717, 1.165) is 0 Å². The summed E-state index contributed by atoms with van der Waals surface area (Å²) in [6.45, 7) is 1.99. The lowest BCUT2D eigenvalue weighted by Gasteiger charge is -2.22. The van der Waals surface area contributed by atoms with Gasteiger partial charge in [-0.3, -0.25) is 9.59 Å². The van der Waals surface area contributed by atoms with E-state index >= 15 is 0 Å². The SMILES string of the molecule is CCC1(C(=O)O)CCN(S(=O)(=O)CCCC(=O)OC)C1. The molecule has 1 atom stereocenters. The van der Waals surface area contributed by atoms with Crippen LogP contribution in [0.3, 0.4) is 0 Å². The van der Waals surface area contributed by atoms with Crippen molar-refractivity contribution < 1.29 is 27.9 Å². The molecule has 1 fully saturated rings. The van der Waals surface area contributed by atoms with Crippen LogP contribution in [0.25, 0.3) is 0 Å². The second kappa shape index (κ2) is 6.53. The molecule has 1 N–H and O–H groups in total. The highest BCUT2D eigenvalue weighted by atomic mass is 32.2. The van der Waals surface area contributed by atoms with Gasteiger partial charge in [-0.1, -0.05) is 6.92 Å². The fourth-order valence-electron chi connectivity index (χ4n) is 2.32. The summed E-state index contributed by atoms with van der Waals surface area (Å²) >= 11 is 0. The summed E-state index contributed by atoms with van der Waals surface area (Å²) in [5, 5.41) is 9.25. The number of aliphatic carboxylic acids is 1. The Morgan fingerprint density at radius 2 is 2.05 bits per heavy atom. The Balaban J connectivity index is 2.62. The van der Waals surface area contributed by atoms with Crippen molar-refractivity contribution in [1.29, 1.82) is 0 Å². The number of carbonyl (C=O) groups is 2. The van der Waals surface area contributed by atoms with Crippen molar-refractivity contribution in [2.24, 2.45) is 5.41 Å². The molecule has 1 unspecified atom stereocenters. The Morgan fingerprint density at radius 1 is 1.40 bits per heavy atom. The van der Waals surface area contributed by atoms with E-state index in [1.54, 1.807) is 6.92 Å². The first kappa shape index (κ1) is 16.9. The van der Waals surface area contributed by atoms with Gasteiger partial charge in [-0.25, -0.2) is 12.7 Å². The van der Waals surface area contributed by atoms with Gasteiger partial charge in [-0.2, -0.15) is 0 Å². The maximum atomic E-state index is 12.1. The molecule has 20 heavy (non-hydrogen) atoms. The van der Waals surface area contributed by atoms with Crippen LogP contribution in [0, 0.1) is 5.41 Å². The summed E-state index contributed by atoms with van der Waals surface area (Å²) in [5.41, 5.74) is -0.977. The van der Waals surface area contributed by atoms with E-state index in [9.17, 15) is 23.1 Å². The summed E-state index contributed by atoms with van der Waals surface area (Å²) in [4.78, 5) is 22.2. The molecule has 1 saturated heterocycles. The lowest BCUT2D eigenvalue weighted by atomic mass is 9.85. The van der Waals surface area contributed by atoms with Crippen LogP contribution in [-0.2, 0) is 24.3 Å². The van der Waals surface area contributed by atoms with Gasteiger partial charge in [0.15, 0.2) is 0 Å². The van der Waals surface area contributed by atoms with Crippen LogP contribution >= 0.6 is 0 Å². The Hall–Kier alpha value is -1.15. The molecule has 0 amide bonds. The second-order valence-corrected chi connectivity index (χ2v) is 7.11. The third-order valence-corrected chi connectivity index (χ3v) is 5.76. The Bertz CT molecular complexity index is 474. The van der Waals surface area contributed by atoms with Crippen LogP contribution in [-0.4, -0.2) is 55.7 Å². The van der Waals surface area contributed by atoms with Gasteiger partial charge in [0.1, 0.15) is 0 Å². The number of sulfonamides is 1. The molecule has 116 valence electrons. The van der Waals surface area contributed by atoms with E-state index in [1.807, 2.05) is 0 Å². The van der Waals surface area contributed by atoms with Gasteiger partial charge in [-0.05, 0) is 19.3 Å². The zero-order valence-corrected chi connectivity index (χ0v) is 12.6. The molecule has 0 aromatic heterocycles. The Morgan fingerprint density at radius 3 is 2.50 bits per heavy atom. The third kappa shape index (κ3) is 3.69. The van der Waals surface area contributed by atoms with Gasteiger partial charge in [0, 0.05) is 19.5 Å². The normalized spacial score (nSPS) is 23.7. The topological polar surface area (TPSA) is 101 Å². The molecule has 8 heteroatoms. The van der Waals surface area contributed by atoms with Crippen LogP contribution in [0.1, 0.15) is 32.6 Å². The van der Waals surface area contributed by atoms with E-state index in [-0.39, 0.29) is 31.7 Å². The highest BCUT2D eigenvalue weighted by molar-refractivity contribution is 7.89. The Labute approximate surface area is 118 Å². The number of carbonyl (C=O) groups excluding carboxylic acids is 1. The smallest absolute Gasteiger partial charge is 0.311 e. The zero-order chi connectivity index (χ0) is 15.4. The summed E-state index contributed by atoms with van der Waals surface area (Å²) in [6.07, 6.45) is 0.949. The minimum absolute atomic E-state index is 0.0133. The summed E-state index contributed by atoms with van der Waals surface area (Å²) in [5.74, 6) is -1.57. The molecule has 1 heterocycles. The van der Waals surface area contributed by atoms with Crippen LogP contribution in [0.5, 0.6) is 0 Å². The van der Waals surface area contributed by atoms with Gasteiger partial charge in [-0.15, -0.1) is 0 Å². The van der Waals surface area contributed by atoms with Gasteiger partial charge < -0.3 is 9.84 Å². The number of rotatable bonds is 7. The molecular formula is C12H21NO6S. The van der Waals surface area contributed by atoms with E-state index in [2.05, 4.69) is 4.74 Å². The average Bonchev–Trinajstić information content (AvgIpc) is 2.84. The second-order valence-electron chi connectivity index (χ2n) is 5.02. The van der Waals surface area contributed by atoms with E-state index in [4.69, 9.17) is 0 Å². The molecule has 1 aliphatic rings. The lowest BCUT2D eigenvalue weighted by molar-refractivity contribution is -0.148. The van der Waals surface area contributed by atoms with Gasteiger partial charge in [0.2, 0.25) is 10.0 Å². The first-order chi connectivity index (χ1) is 9.27. The fraction of sp³-hybridized carbons (Fsp3) is 0.833. The molecular weight excluding hydrogens is 286 g/mol.